The summed E-state index contributed by atoms with van der Waals surface area (Å²) in [6.07, 6.45) is 0. The number of ketones is 1. The van der Waals surface area contributed by atoms with Gasteiger partial charge in [-0.3, -0.25) is 4.79 Å². The van der Waals surface area contributed by atoms with Gasteiger partial charge >= 0.3 is 0 Å². The summed E-state index contributed by atoms with van der Waals surface area (Å²) in [5.41, 5.74) is 7.03. The van der Waals surface area contributed by atoms with Crippen molar-refractivity contribution in [3.8, 4) is 0 Å². The summed E-state index contributed by atoms with van der Waals surface area (Å²) in [5, 5.41) is 0. The van der Waals surface area contributed by atoms with Crippen molar-refractivity contribution in [2.24, 2.45) is 10.7 Å². The molecule has 11 heavy (non-hydrogen) atoms. The van der Waals surface area contributed by atoms with Crippen LogP contribution in [-0.2, 0) is 4.79 Å². The van der Waals surface area contributed by atoms with E-state index < -0.39 is 0 Å². The maximum atomic E-state index is 11.2. The van der Waals surface area contributed by atoms with Crippen LogP contribution in [0.15, 0.2) is 28.4 Å². The number of hydrogen-bond donors (Lipinski definition) is 1. The fourth-order valence-corrected chi connectivity index (χ4v) is 0.839. The number of allylic oxidation sites excluding steroid dienone is 2. The van der Waals surface area contributed by atoms with E-state index in [2.05, 4.69) is 11.6 Å². The highest BCUT2D eigenvalue weighted by Crippen LogP contribution is 2.16. The number of Topliss-reactive ketones (excluding diaryl/α,β-unsaturated/α-hetero) is 1. The van der Waals surface area contributed by atoms with Crippen LogP contribution in [0, 0.1) is 0 Å². The molecule has 0 atom stereocenters. The van der Waals surface area contributed by atoms with Crippen molar-refractivity contribution in [2.75, 3.05) is 0 Å². The molecule has 1 heterocycles. The standard InChI is InChI=1S/C8H10N2O/c1-4-6(3)10-8(9)5(2)7(4)11/h2H2,1,3H3,(H2,9,10). The SMILES string of the molecule is C=C1C(=O)C(C)=C(C)N=C1N. The first kappa shape index (κ1) is 7.72. The Morgan fingerprint density at radius 1 is 1.45 bits per heavy atom. The van der Waals surface area contributed by atoms with Crippen LogP contribution in [0.2, 0.25) is 0 Å². The normalized spacial score (nSPS) is 18.9. The summed E-state index contributed by atoms with van der Waals surface area (Å²) in [7, 11) is 0. The van der Waals surface area contributed by atoms with Crippen molar-refractivity contribution in [1.82, 2.24) is 0 Å². The Kier molecular flexibility index (Phi) is 1.64. The Morgan fingerprint density at radius 3 is 2.55 bits per heavy atom. The van der Waals surface area contributed by atoms with Gasteiger partial charge in [-0.1, -0.05) is 6.58 Å². The first-order valence-corrected chi connectivity index (χ1v) is 3.29. The largest absolute Gasteiger partial charge is 0.383 e. The molecule has 0 aromatic heterocycles. The second-order valence-electron chi connectivity index (χ2n) is 2.52. The molecule has 0 radical (unpaired) electrons. The molecule has 58 valence electrons. The van der Waals surface area contributed by atoms with Crippen LogP contribution in [-0.4, -0.2) is 11.6 Å². The minimum Gasteiger partial charge on any atom is -0.383 e. The Balaban J connectivity index is 3.22. The van der Waals surface area contributed by atoms with E-state index in [0.717, 1.165) is 0 Å². The van der Waals surface area contributed by atoms with Gasteiger partial charge in [0.05, 0.1) is 5.57 Å². The van der Waals surface area contributed by atoms with Crippen LogP contribution < -0.4 is 5.73 Å². The summed E-state index contributed by atoms with van der Waals surface area (Å²) in [4.78, 5) is 15.2. The third-order valence-corrected chi connectivity index (χ3v) is 1.75. The van der Waals surface area contributed by atoms with E-state index in [9.17, 15) is 4.79 Å². The molecule has 0 saturated carbocycles. The number of nitrogens with zero attached hydrogens (tertiary/aromatic N) is 1. The fraction of sp³-hybridized carbons (Fsp3) is 0.250. The van der Waals surface area contributed by atoms with E-state index in [0.29, 0.717) is 16.8 Å². The lowest BCUT2D eigenvalue weighted by Gasteiger charge is -2.11. The van der Waals surface area contributed by atoms with Gasteiger partial charge in [0, 0.05) is 11.3 Å². The lowest BCUT2D eigenvalue weighted by atomic mass is 10.0. The van der Waals surface area contributed by atoms with Crippen LogP contribution >= 0.6 is 0 Å². The lowest BCUT2D eigenvalue weighted by molar-refractivity contribution is -0.111. The molecule has 0 spiro atoms. The average molecular weight is 150 g/mol. The number of nitrogens with two attached hydrogens (primary N) is 1. The van der Waals surface area contributed by atoms with Gasteiger partial charge < -0.3 is 5.73 Å². The van der Waals surface area contributed by atoms with Crippen LogP contribution in [0.1, 0.15) is 13.8 Å². The third kappa shape index (κ3) is 1.09. The van der Waals surface area contributed by atoms with Crippen LogP contribution in [0.25, 0.3) is 0 Å². The van der Waals surface area contributed by atoms with Gasteiger partial charge in [0.1, 0.15) is 5.84 Å². The van der Waals surface area contributed by atoms with E-state index in [4.69, 9.17) is 5.73 Å². The summed E-state index contributed by atoms with van der Waals surface area (Å²) >= 11 is 0. The third-order valence-electron chi connectivity index (χ3n) is 1.75. The summed E-state index contributed by atoms with van der Waals surface area (Å²) in [6.45, 7) is 7.00. The molecule has 0 saturated heterocycles. The lowest BCUT2D eigenvalue weighted by Crippen LogP contribution is -2.24. The monoisotopic (exact) mass is 150 g/mol. The van der Waals surface area contributed by atoms with E-state index in [1.165, 1.54) is 0 Å². The Bertz CT molecular complexity index is 293. The molecule has 3 nitrogen and oxygen atoms in total. The predicted octanol–water partition coefficient (Wildman–Crippen LogP) is 0.776. The zero-order valence-electron chi connectivity index (χ0n) is 6.64. The van der Waals surface area contributed by atoms with Gasteiger partial charge in [0.25, 0.3) is 0 Å². The van der Waals surface area contributed by atoms with Gasteiger partial charge in [-0.25, -0.2) is 4.99 Å². The van der Waals surface area contributed by atoms with E-state index >= 15 is 0 Å². The van der Waals surface area contributed by atoms with Crippen molar-refractivity contribution in [3.63, 3.8) is 0 Å². The zero-order valence-corrected chi connectivity index (χ0v) is 6.64. The van der Waals surface area contributed by atoms with Crippen molar-refractivity contribution in [2.45, 2.75) is 13.8 Å². The highest BCUT2D eigenvalue weighted by atomic mass is 16.1. The molecular formula is C8H10N2O. The molecule has 0 unspecified atom stereocenters. The highest BCUT2D eigenvalue weighted by molar-refractivity contribution is 6.28. The van der Waals surface area contributed by atoms with Gasteiger partial charge in [-0.15, -0.1) is 0 Å². The maximum absolute atomic E-state index is 11.2. The molecule has 0 aliphatic carbocycles. The molecule has 0 amide bonds. The van der Waals surface area contributed by atoms with E-state index in [-0.39, 0.29) is 11.6 Å². The molecule has 0 fully saturated rings. The molecule has 0 aromatic carbocycles. The molecule has 1 rings (SSSR count). The smallest absolute Gasteiger partial charge is 0.193 e. The van der Waals surface area contributed by atoms with Crippen molar-refractivity contribution in [3.05, 3.63) is 23.4 Å². The van der Waals surface area contributed by atoms with Gasteiger partial charge in [-0.05, 0) is 13.8 Å². The molecule has 0 bridgehead atoms. The Morgan fingerprint density at radius 2 is 2.00 bits per heavy atom. The number of hydrogen-bond acceptors (Lipinski definition) is 3. The zero-order chi connectivity index (χ0) is 8.59. The highest BCUT2D eigenvalue weighted by Gasteiger charge is 2.19. The number of carbonyl (C=O) groups excluding carboxylic acids is 1. The number of amidine groups is 1. The quantitative estimate of drug-likeness (QED) is 0.519. The van der Waals surface area contributed by atoms with Crippen molar-refractivity contribution < 1.29 is 4.79 Å². The summed E-state index contributed by atoms with van der Waals surface area (Å²) in [6, 6.07) is 0. The molecule has 1 aliphatic heterocycles. The second kappa shape index (κ2) is 2.34. The van der Waals surface area contributed by atoms with Crippen molar-refractivity contribution >= 4 is 11.6 Å². The average Bonchev–Trinajstić information content (AvgIpc) is 1.97. The first-order valence-electron chi connectivity index (χ1n) is 3.29. The molecule has 3 heteroatoms. The topological polar surface area (TPSA) is 55.5 Å². The van der Waals surface area contributed by atoms with Crippen LogP contribution in [0.5, 0.6) is 0 Å². The number of rotatable bonds is 0. The Labute approximate surface area is 65.3 Å². The second-order valence-corrected chi connectivity index (χ2v) is 2.52. The molecule has 1 aliphatic rings. The Hall–Kier alpha value is -1.38. The predicted molar refractivity (Wildman–Crippen MR) is 44.1 cm³/mol. The van der Waals surface area contributed by atoms with E-state index in [1.807, 2.05) is 0 Å². The number of aliphatic imine (C=N–C) groups is 1. The van der Waals surface area contributed by atoms with Crippen molar-refractivity contribution in [1.29, 1.82) is 0 Å². The summed E-state index contributed by atoms with van der Waals surface area (Å²) in [5.74, 6) is 0.133. The fourth-order valence-electron chi connectivity index (χ4n) is 0.839. The summed E-state index contributed by atoms with van der Waals surface area (Å²) < 4.78 is 0. The van der Waals surface area contributed by atoms with Gasteiger partial charge in [-0.2, -0.15) is 0 Å². The minimum atomic E-state index is -0.102. The maximum Gasteiger partial charge on any atom is 0.193 e. The molecular weight excluding hydrogens is 140 g/mol. The van der Waals surface area contributed by atoms with Crippen LogP contribution in [0.3, 0.4) is 0 Å². The van der Waals surface area contributed by atoms with Gasteiger partial charge in [0.15, 0.2) is 5.78 Å². The van der Waals surface area contributed by atoms with E-state index in [1.54, 1.807) is 13.8 Å². The molecule has 0 aromatic rings. The number of carbonyl (C=O) groups is 1. The van der Waals surface area contributed by atoms with Crippen LogP contribution in [0.4, 0.5) is 0 Å². The molecule has 2 N–H and O–H groups in total. The first-order chi connectivity index (χ1) is 5.04. The van der Waals surface area contributed by atoms with Gasteiger partial charge in [0.2, 0.25) is 0 Å². The minimum absolute atomic E-state index is 0.102.